The summed E-state index contributed by atoms with van der Waals surface area (Å²) in [6.45, 7) is 16.6. The van der Waals surface area contributed by atoms with E-state index in [0.29, 0.717) is 0 Å². The van der Waals surface area contributed by atoms with Crippen molar-refractivity contribution >= 4 is 35.2 Å². The summed E-state index contributed by atoms with van der Waals surface area (Å²) in [7, 11) is 2.09. The third-order valence-electron chi connectivity index (χ3n) is 9.39. The molecule has 0 amide bonds. The highest BCUT2D eigenvalue weighted by Gasteiger charge is 2.24. The van der Waals surface area contributed by atoms with Gasteiger partial charge in [0, 0.05) is 57.4 Å². The second-order valence-electron chi connectivity index (χ2n) is 12.5. The Labute approximate surface area is 311 Å². The van der Waals surface area contributed by atoms with Crippen LogP contribution in [0.2, 0.25) is 0 Å². The summed E-state index contributed by atoms with van der Waals surface area (Å²) in [6, 6.07) is 37.0. The van der Waals surface area contributed by atoms with Crippen molar-refractivity contribution in [2.24, 2.45) is 7.05 Å². The van der Waals surface area contributed by atoms with Gasteiger partial charge in [0.05, 0.1) is 0 Å². The molecule has 8 rings (SSSR count). The molecule has 0 N–H and O–H groups in total. The predicted octanol–water partition coefficient (Wildman–Crippen LogP) is 14.0. The summed E-state index contributed by atoms with van der Waals surface area (Å²) in [6.07, 6.45) is 23.1. The maximum Gasteiger partial charge on any atom is 0.0488 e. The molecule has 0 aliphatic heterocycles. The molecule has 2 heteroatoms. The van der Waals surface area contributed by atoms with Gasteiger partial charge in [-0.25, -0.2) is 0 Å². The van der Waals surface area contributed by atoms with Gasteiger partial charge in [-0.2, -0.15) is 0 Å². The highest BCUT2D eigenvalue weighted by molar-refractivity contribution is 5.93. The van der Waals surface area contributed by atoms with Crippen LogP contribution in [0.1, 0.15) is 67.4 Å². The first-order valence-corrected chi connectivity index (χ1v) is 18.5. The fourth-order valence-electron chi connectivity index (χ4n) is 7.08. The third-order valence-corrected chi connectivity index (χ3v) is 9.39. The summed E-state index contributed by atoms with van der Waals surface area (Å²) < 4.78 is 4.77. The van der Waals surface area contributed by atoms with Gasteiger partial charge in [-0.3, -0.25) is 0 Å². The van der Waals surface area contributed by atoms with Crippen molar-refractivity contribution in [3.05, 3.63) is 187 Å². The molecule has 2 nitrogen and oxygen atoms in total. The molecular weight excluding hydrogens is 629 g/mol. The topological polar surface area (TPSA) is 9.86 Å². The number of benzene rings is 4. The summed E-state index contributed by atoms with van der Waals surface area (Å²) in [5.41, 5.74) is 15.8. The lowest BCUT2D eigenvalue weighted by Gasteiger charge is -2.18. The quantitative estimate of drug-likeness (QED) is 0.155. The lowest BCUT2D eigenvalue weighted by molar-refractivity contribution is 0.814. The number of fused-ring (bicyclic) bond motifs is 4. The van der Waals surface area contributed by atoms with E-state index in [0.717, 1.165) is 25.7 Å². The molecular formula is C50H52N2. The standard InChI is InChI=1S/C30H25N.C14H15N.C4H6.C2H6/c1-3-11-22(12-4-1)24-19-25(23-13-5-2-6-14-23)21-26(20-24)31-29-17-9-7-15-27(29)28-16-8-10-18-30(28)31;1-4-8-13-11(5-2)12-9-6-7-10-14(12)15(13)3;1-3-4-2;1-2/h1-8,11-16,19-21H,9-10,17-18H2;4-10H,2H2,1,3H3;3-4H,1-2H2;1-2H3/b;8-4-;;. The summed E-state index contributed by atoms with van der Waals surface area (Å²) in [5, 5.41) is 1.27. The SMILES string of the molecule is C1=Cc2c3c(n(-c4cc(-c5ccccc5)cc(-c5ccccc5)c4)c2CC1)CCC=C3.C=CC=C.C=Cc1c(/C=C\C)n(C)c2ccccc12.CC. The Morgan fingerprint density at radius 1 is 0.615 bits per heavy atom. The molecule has 2 aliphatic carbocycles. The number of aryl methyl sites for hydroxylation is 1. The van der Waals surface area contributed by atoms with E-state index in [1.807, 2.05) is 26.8 Å². The van der Waals surface area contributed by atoms with E-state index in [-0.39, 0.29) is 0 Å². The Hall–Kier alpha value is -5.86. The van der Waals surface area contributed by atoms with Gasteiger partial charge in [0.2, 0.25) is 0 Å². The van der Waals surface area contributed by atoms with E-state index in [4.69, 9.17) is 0 Å². The first-order valence-electron chi connectivity index (χ1n) is 18.5. The molecule has 0 saturated heterocycles. The van der Waals surface area contributed by atoms with Crippen LogP contribution in [0.3, 0.4) is 0 Å². The van der Waals surface area contributed by atoms with Crippen LogP contribution in [0.25, 0.3) is 63.1 Å². The van der Waals surface area contributed by atoms with Crippen LogP contribution in [0.5, 0.6) is 0 Å². The maximum atomic E-state index is 3.89. The van der Waals surface area contributed by atoms with Crippen molar-refractivity contribution in [3.63, 3.8) is 0 Å². The zero-order valence-electron chi connectivity index (χ0n) is 31.4. The van der Waals surface area contributed by atoms with Crippen molar-refractivity contribution in [1.29, 1.82) is 0 Å². The Bertz CT molecular complexity index is 2110. The minimum atomic E-state index is 1.10. The second-order valence-corrected chi connectivity index (χ2v) is 12.5. The number of allylic oxidation sites excluding steroid dienone is 5. The number of hydrogen-bond acceptors (Lipinski definition) is 0. The minimum Gasteiger partial charge on any atom is -0.344 e. The van der Waals surface area contributed by atoms with Crippen molar-refractivity contribution < 1.29 is 0 Å². The first-order chi connectivity index (χ1) is 25.6. The van der Waals surface area contributed by atoms with Crippen molar-refractivity contribution in [2.45, 2.75) is 46.5 Å². The Morgan fingerprint density at radius 3 is 1.60 bits per heavy atom. The molecule has 2 heterocycles. The van der Waals surface area contributed by atoms with Crippen LogP contribution in [0.4, 0.5) is 0 Å². The monoisotopic (exact) mass is 680 g/mol. The van der Waals surface area contributed by atoms with Gasteiger partial charge in [-0.05, 0) is 85.2 Å². The van der Waals surface area contributed by atoms with Gasteiger partial charge in [0.15, 0.2) is 0 Å². The smallest absolute Gasteiger partial charge is 0.0488 e. The molecule has 0 unspecified atom stereocenters. The zero-order valence-corrected chi connectivity index (χ0v) is 31.4. The molecule has 0 saturated carbocycles. The van der Waals surface area contributed by atoms with E-state index in [2.05, 4.69) is 176 Å². The molecule has 0 bridgehead atoms. The van der Waals surface area contributed by atoms with Gasteiger partial charge in [-0.1, -0.05) is 161 Å². The number of nitrogens with zero attached hydrogens (tertiary/aromatic N) is 2. The van der Waals surface area contributed by atoms with Crippen LogP contribution in [0, 0.1) is 0 Å². The molecule has 0 fully saturated rings. The van der Waals surface area contributed by atoms with Crippen molar-refractivity contribution in [1.82, 2.24) is 9.13 Å². The normalized spacial score (nSPS) is 12.3. The number of hydrogen-bond donors (Lipinski definition) is 0. The molecule has 0 radical (unpaired) electrons. The van der Waals surface area contributed by atoms with Crippen LogP contribution >= 0.6 is 0 Å². The van der Waals surface area contributed by atoms with Crippen LogP contribution < -0.4 is 0 Å². The number of aromatic nitrogens is 2. The first kappa shape index (κ1) is 37.4. The molecule has 6 aromatic rings. The molecule has 0 spiro atoms. The van der Waals surface area contributed by atoms with E-state index in [1.54, 1.807) is 12.2 Å². The summed E-state index contributed by atoms with van der Waals surface area (Å²) >= 11 is 0. The minimum absolute atomic E-state index is 1.10. The van der Waals surface area contributed by atoms with E-state index in [1.165, 1.54) is 72.6 Å². The maximum absolute atomic E-state index is 3.89. The fraction of sp³-hybridized carbons (Fsp3) is 0.160. The van der Waals surface area contributed by atoms with Gasteiger partial charge < -0.3 is 9.13 Å². The molecule has 2 aromatic heterocycles. The summed E-state index contributed by atoms with van der Waals surface area (Å²) in [5.74, 6) is 0. The van der Waals surface area contributed by atoms with Crippen molar-refractivity contribution in [3.8, 4) is 27.9 Å². The van der Waals surface area contributed by atoms with Crippen LogP contribution in [-0.4, -0.2) is 9.13 Å². The van der Waals surface area contributed by atoms with E-state index in [9.17, 15) is 0 Å². The Kier molecular flexibility index (Phi) is 13.2. The molecule has 2 aliphatic rings. The van der Waals surface area contributed by atoms with Crippen molar-refractivity contribution in [2.75, 3.05) is 0 Å². The van der Waals surface area contributed by atoms with Gasteiger partial charge >= 0.3 is 0 Å². The lowest BCUT2D eigenvalue weighted by atomic mass is 9.97. The highest BCUT2D eigenvalue weighted by Crippen LogP contribution is 2.38. The van der Waals surface area contributed by atoms with E-state index < -0.39 is 0 Å². The molecule has 262 valence electrons. The van der Waals surface area contributed by atoms with E-state index >= 15 is 0 Å². The summed E-state index contributed by atoms with van der Waals surface area (Å²) in [4.78, 5) is 0. The largest absolute Gasteiger partial charge is 0.344 e. The predicted molar refractivity (Wildman–Crippen MR) is 231 cm³/mol. The molecule has 0 atom stereocenters. The lowest BCUT2D eigenvalue weighted by Crippen LogP contribution is -2.07. The fourth-order valence-corrected chi connectivity index (χ4v) is 7.08. The van der Waals surface area contributed by atoms with Gasteiger partial charge in [0.1, 0.15) is 0 Å². The average Bonchev–Trinajstić information content (AvgIpc) is 3.70. The second kappa shape index (κ2) is 18.4. The average molecular weight is 681 g/mol. The van der Waals surface area contributed by atoms with Crippen LogP contribution in [0.15, 0.2) is 153 Å². The zero-order chi connectivity index (χ0) is 36.9. The van der Waals surface area contributed by atoms with Gasteiger partial charge in [-0.15, -0.1) is 0 Å². The molecule has 52 heavy (non-hydrogen) atoms. The Morgan fingerprint density at radius 2 is 1.12 bits per heavy atom. The number of para-hydroxylation sites is 1. The molecule has 4 aromatic carbocycles. The van der Waals surface area contributed by atoms with Gasteiger partial charge in [0.25, 0.3) is 0 Å². The number of rotatable bonds is 6. The third kappa shape index (κ3) is 8.03. The highest BCUT2D eigenvalue weighted by atomic mass is 15.0. The van der Waals surface area contributed by atoms with Crippen LogP contribution in [-0.2, 0) is 19.9 Å². The Balaban J connectivity index is 0.000000208.